The van der Waals surface area contributed by atoms with Crippen LogP contribution >= 0.6 is 0 Å². The lowest BCUT2D eigenvalue weighted by Gasteiger charge is -2.32. The number of phenolic OH excluding ortho intramolecular Hbond substituents is 1. The van der Waals surface area contributed by atoms with Gasteiger partial charge in [-0.25, -0.2) is 14.8 Å². The van der Waals surface area contributed by atoms with Crippen molar-refractivity contribution in [2.24, 2.45) is 39.9 Å². The normalized spacial score (nSPS) is 15.5. The van der Waals surface area contributed by atoms with Crippen LogP contribution < -0.4 is 59.7 Å². The number of likely N-dealkylation sites (tertiary alicyclic amines) is 1. The number of nitrogens with zero attached hydrogens (tertiary/aromatic N) is 4. The molecule has 0 bridgehead atoms. The minimum atomic E-state index is -1.53. The van der Waals surface area contributed by atoms with E-state index in [1.807, 2.05) is 0 Å². The molecule has 2 aromatic carbocycles. The van der Waals surface area contributed by atoms with Crippen LogP contribution in [0.2, 0.25) is 0 Å². The second kappa shape index (κ2) is 40.8. The van der Waals surface area contributed by atoms with Crippen molar-refractivity contribution >= 4 is 77.0 Å². The van der Waals surface area contributed by atoms with Gasteiger partial charge in [-0.15, -0.1) is 0 Å². The van der Waals surface area contributed by atoms with Gasteiger partial charge >= 0.3 is 11.9 Å². The second-order valence-corrected chi connectivity index (χ2v) is 24.4. The Morgan fingerprint density at radius 3 is 1.62 bits per heavy atom. The van der Waals surface area contributed by atoms with E-state index >= 15 is 4.79 Å². The van der Waals surface area contributed by atoms with Crippen molar-refractivity contribution in [2.45, 2.75) is 180 Å². The molecule has 34 heteroatoms. The minimum Gasteiger partial charge on any atom is -0.508 e. The molecule has 34 nitrogen and oxygen atoms in total. The Bertz CT molecular complexity index is 3290. The molecule has 98 heavy (non-hydrogen) atoms. The molecule has 22 N–H and O–H groups in total. The van der Waals surface area contributed by atoms with Gasteiger partial charge in [-0.2, -0.15) is 0 Å². The van der Waals surface area contributed by atoms with Crippen LogP contribution in [-0.4, -0.2) is 201 Å². The van der Waals surface area contributed by atoms with Crippen LogP contribution in [0.25, 0.3) is 0 Å². The summed E-state index contributed by atoms with van der Waals surface area (Å²) in [6.07, 6.45) is 5.26. The number of aliphatic carboxylic acids is 3. The molecule has 0 aliphatic carbocycles. The number of benzene rings is 2. The van der Waals surface area contributed by atoms with Crippen LogP contribution in [0.4, 0.5) is 0 Å². The standard InChI is InChI=1S/C62H89N17O14.C2H4O2.H2O/c1-7-35(6)51(78-56(87)44(25-37-17-19-40(80)20-18-37)74-58(89)50(34(4)5)77-53(84)42(15-11-21-68-62(64)65)71-52(83)41(63)28-49(81)82)59(90)75-46(27-39-30-67-32-70-39)60(91)79-22-12-16-48(79)57(88)73-43(24-36-13-9-8-10-14-36)54(85)72-45(26-38-29-66-31-69-38)55(86)76-47(61(92)93)23-33(2)3;1-2(3)4;/h8-10,13-14,17-20,29-35,41-48,50-51,80H,7,11-12,15-16,21-28,63H2,1-6H3,(H,66,69)(H,67,70)(H,71,83)(H,72,85)(H,73,88)(H,74,89)(H,75,90)(H,76,86)(H,77,84)(H,78,87)(H,81,82)(H,92,93)(H4,64,65,68);1H3,(H,3,4);1H2/t35-,41+,42-,43-,44-,45-,46-,47-,48+,50-,51-;;/m0../s1. The number of guanidine groups is 1. The molecule has 0 unspecified atom stereocenters. The molecule has 1 aliphatic rings. The number of amides is 9. The van der Waals surface area contributed by atoms with Crippen LogP contribution in [0, 0.1) is 17.8 Å². The van der Waals surface area contributed by atoms with Gasteiger partial charge in [0.15, 0.2) is 5.96 Å². The highest BCUT2D eigenvalue weighted by atomic mass is 16.4. The quantitative estimate of drug-likeness (QED) is 0.0131. The molecule has 11 atom stereocenters. The van der Waals surface area contributed by atoms with Crippen molar-refractivity contribution in [3.05, 3.63) is 102 Å². The van der Waals surface area contributed by atoms with Gasteiger partial charge in [-0.1, -0.05) is 90.4 Å². The number of hydrogen-bond donors (Lipinski definition) is 17. The number of rotatable bonds is 37. The number of nitrogens with two attached hydrogens (primary N) is 3. The topological polar surface area (TPSA) is 565 Å². The number of aliphatic imine (C=N–C) groups is 1. The van der Waals surface area contributed by atoms with E-state index in [0.29, 0.717) is 35.4 Å². The van der Waals surface area contributed by atoms with E-state index in [2.05, 4.69) is 67.5 Å². The summed E-state index contributed by atoms with van der Waals surface area (Å²) in [5.41, 5.74) is 18.7. The highest BCUT2D eigenvalue weighted by molar-refractivity contribution is 5.99. The lowest BCUT2D eigenvalue weighted by Crippen LogP contribution is -2.62. The summed E-state index contributed by atoms with van der Waals surface area (Å²) < 4.78 is 0. The van der Waals surface area contributed by atoms with Gasteiger partial charge in [0.1, 0.15) is 60.1 Å². The molecular weight excluding hydrogens is 1280 g/mol. The first-order valence-corrected chi connectivity index (χ1v) is 31.8. The van der Waals surface area contributed by atoms with Gasteiger partial charge in [0, 0.05) is 69.5 Å². The Morgan fingerprint density at radius 1 is 0.622 bits per heavy atom. The van der Waals surface area contributed by atoms with Crippen LogP contribution in [0.15, 0.2) is 84.6 Å². The number of carboxylic acid groups (broad SMARTS) is 3. The molecule has 1 aliphatic heterocycles. The molecule has 538 valence electrons. The van der Waals surface area contributed by atoms with Crippen molar-refractivity contribution in [2.75, 3.05) is 13.1 Å². The largest absolute Gasteiger partial charge is 0.508 e. The van der Waals surface area contributed by atoms with Crippen molar-refractivity contribution in [1.82, 2.24) is 67.4 Å². The summed E-state index contributed by atoms with van der Waals surface area (Å²) in [5.74, 6) is -12.6. The van der Waals surface area contributed by atoms with E-state index < -0.39 is 150 Å². The van der Waals surface area contributed by atoms with Crippen molar-refractivity contribution in [1.29, 1.82) is 0 Å². The molecule has 4 aromatic rings. The molecule has 9 amide bonds. The lowest BCUT2D eigenvalue weighted by molar-refractivity contribution is -0.143. The van der Waals surface area contributed by atoms with E-state index in [1.165, 1.54) is 54.2 Å². The molecule has 1 fully saturated rings. The first-order chi connectivity index (χ1) is 45.9. The predicted molar refractivity (Wildman–Crippen MR) is 355 cm³/mol. The highest BCUT2D eigenvalue weighted by Gasteiger charge is 2.42. The molecule has 0 spiro atoms. The van der Waals surface area contributed by atoms with Crippen LogP contribution in [0.1, 0.15) is 116 Å². The number of carbonyl (C=O) groups is 12. The molecule has 1 saturated heterocycles. The smallest absolute Gasteiger partial charge is 0.326 e. The number of hydrogen-bond acceptors (Lipinski definition) is 17. The third-order valence-corrected chi connectivity index (χ3v) is 15.6. The Labute approximate surface area is 566 Å². The number of H-pyrrole nitrogens is 2. The third kappa shape index (κ3) is 27.7. The number of phenols is 1. The summed E-state index contributed by atoms with van der Waals surface area (Å²) in [6.45, 7) is 11.4. The number of aromatic amines is 2. The van der Waals surface area contributed by atoms with Gasteiger partial charge in [0.25, 0.3) is 5.97 Å². The second-order valence-electron chi connectivity index (χ2n) is 24.4. The number of nitrogens with one attached hydrogen (secondary N) is 10. The minimum absolute atomic E-state index is 0. The maximum Gasteiger partial charge on any atom is 0.326 e. The zero-order chi connectivity index (χ0) is 72.1. The number of aromatic hydroxyl groups is 1. The van der Waals surface area contributed by atoms with E-state index in [1.54, 1.807) is 71.9 Å². The van der Waals surface area contributed by atoms with E-state index in [9.17, 15) is 63.3 Å². The van der Waals surface area contributed by atoms with Gasteiger partial charge in [0.05, 0.1) is 25.1 Å². The van der Waals surface area contributed by atoms with Gasteiger partial charge in [-0.05, 0) is 73.1 Å². The zero-order valence-corrected chi connectivity index (χ0v) is 55.9. The van der Waals surface area contributed by atoms with Crippen molar-refractivity contribution < 1.29 is 83.4 Å². The van der Waals surface area contributed by atoms with Crippen LogP contribution in [0.3, 0.4) is 0 Å². The number of carboxylic acids is 3. The van der Waals surface area contributed by atoms with E-state index in [4.69, 9.17) is 27.1 Å². The molecule has 0 radical (unpaired) electrons. The molecular formula is C64H95N17O17. The summed E-state index contributed by atoms with van der Waals surface area (Å²) >= 11 is 0. The summed E-state index contributed by atoms with van der Waals surface area (Å²) in [4.78, 5) is 181. The Kier molecular flexibility index (Phi) is 34.0. The SMILES string of the molecule is CC(=O)O.CC[C@H](C)[C@H](NC(=O)[C@H](Cc1ccc(O)cc1)NC(=O)[C@@H](NC(=O)[C@H](CCCN=C(N)N)NC(=O)[C@H](N)CC(=O)O)C(C)C)C(=O)N[C@@H](Cc1cnc[nH]1)C(=O)N1CCC[C@@H]1C(=O)N[C@@H](Cc1ccccc1)C(=O)N[C@@H](Cc1cnc[nH]1)C(=O)N[C@@H](CC(C)C)C(=O)O.O. The fraction of sp³-hybridized carbons (Fsp3) is 0.516. The fourth-order valence-corrected chi connectivity index (χ4v) is 10.4. The van der Waals surface area contributed by atoms with E-state index in [0.717, 1.165) is 6.92 Å². The molecule has 3 heterocycles. The summed E-state index contributed by atoms with van der Waals surface area (Å²) in [6, 6.07) is 0.810. The Hall–Kier alpha value is -10.5. The van der Waals surface area contributed by atoms with Gasteiger partial charge in [0.2, 0.25) is 53.2 Å². The maximum atomic E-state index is 15.1. The van der Waals surface area contributed by atoms with E-state index in [-0.39, 0.29) is 87.6 Å². The van der Waals surface area contributed by atoms with Gasteiger partial charge in [-0.3, -0.25) is 57.7 Å². The Balaban J connectivity index is 0.00000486. The average molecular weight is 1370 g/mol. The van der Waals surface area contributed by atoms with Crippen LogP contribution in [0.5, 0.6) is 5.75 Å². The molecule has 2 aromatic heterocycles. The lowest BCUT2D eigenvalue weighted by atomic mass is 9.96. The monoisotopic (exact) mass is 1370 g/mol. The first-order valence-electron chi connectivity index (χ1n) is 31.8. The number of carbonyl (C=O) groups excluding carboxylic acids is 9. The zero-order valence-electron chi connectivity index (χ0n) is 55.9. The average Bonchev–Trinajstić information content (AvgIpc) is 1.43. The van der Waals surface area contributed by atoms with Crippen LogP contribution in [-0.2, 0) is 83.2 Å². The van der Waals surface area contributed by atoms with Crippen molar-refractivity contribution in [3.8, 4) is 5.75 Å². The molecule has 0 saturated carbocycles. The van der Waals surface area contributed by atoms with Crippen molar-refractivity contribution in [3.63, 3.8) is 0 Å². The van der Waals surface area contributed by atoms with Gasteiger partial charge < -0.3 is 101 Å². The summed E-state index contributed by atoms with van der Waals surface area (Å²) in [7, 11) is 0. The number of aromatic nitrogens is 4. The maximum absolute atomic E-state index is 15.1. The fourth-order valence-electron chi connectivity index (χ4n) is 10.4. The third-order valence-electron chi connectivity index (χ3n) is 15.6. The predicted octanol–water partition coefficient (Wildman–Crippen LogP) is -2.07. The molecule has 5 rings (SSSR count). The number of imidazole rings is 2. The Morgan fingerprint density at radius 2 is 1.10 bits per heavy atom. The summed E-state index contributed by atoms with van der Waals surface area (Å²) in [5, 5.41) is 58.2. The highest BCUT2D eigenvalue weighted by Crippen LogP contribution is 2.22. The first kappa shape index (κ1) is 81.7.